The van der Waals surface area contributed by atoms with Crippen LogP contribution in [0.15, 0.2) is 54.6 Å². The molecule has 0 radical (unpaired) electrons. The molecule has 2 aromatic rings. The Morgan fingerprint density at radius 1 is 1.04 bits per heavy atom. The van der Waals surface area contributed by atoms with Crippen molar-refractivity contribution in [1.29, 1.82) is 0 Å². The Morgan fingerprint density at radius 2 is 1.70 bits per heavy atom. The highest BCUT2D eigenvalue weighted by atomic mass is 35.5. The van der Waals surface area contributed by atoms with Crippen molar-refractivity contribution in [3.05, 3.63) is 65.2 Å². The van der Waals surface area contributed by atoms with Gasteiger partial charge < -0.3 is 14.8 Å². The molecule has 0 aliphatic carbocycles. The van der Waals surface area contributed by atoms with Gasteiger partial charge in [0.05, 0.1) is 5.02 Å². The summed E-state index contributed by atoms with van der Waals surface area (Å²) in [7, 11) is 0. The maximum atomic E-state index is 12.4. The van der Waals surface area contributed by atoms with Crippen molar-refractivity contribution >= 4 is 29.5 Å². The van der Waals surface area contributed by atoms with Gasteiger partial charge in [-0.05, 0) is 19.1 Å². The Hall–Kier alpha value is -3.06. The second-order valence-corrected chi connectivity index (χ2v) is 5.76. The molecule has 0 fully saturated rings. The first-order valence-electron chi connectivity index (χ1n) is 8.21. The van der Waals surface area contributed by atoms with Crippen molar-refractivity contribution in [2.45, 2.75) is 13.0 Å². The predicted molar refractivity (Wildman–Crippen MR) is 99.4 cm³/mol. The lowest BCUT2D eigenvalue weighted by Crippen LogP contribution is -2.42. The Kier molecular flexibility index (Phi) is 7.63. The molecule has 7 nitrogen and oxygen atoms in total. The highest BCUT2D eigenvalue weighted by Gasteiger charge is 2.26. The number of rotatable bonds is 7. The van der Waals surface area contributed by atoms with Crippen LogP contribution in [0.2, 0.25) is 5.02 Å². The van der Waals surface area contributed by atoms with Gasteiger partial charge in [0.2, 0.25) is 6.10 Å². The van der Waals surface area contributed by atoms with Crippen molar-refractivity contribution < 1.29 is 23.9 Å². The zero-order valence-electron chi connectivity index (χ0n) is 14.6. The number of carbonyl (C=O) groups is 3. The number of nitrogens with one attached hydrogen (secondary N) is 2. The topological polar surface area (TPSA) is 93.7 Å². The van der Waals surface area contributed by atoms with Gasteiger partial charge in [0.25, 0.3) is 5.91 Å². The second-order valence-electron chi connectivity index (χ2n) is 5.35. The standard InChI is InChI=1S/C19H19ClN2O5/c1-2-21-19(25)22-18(24)17(13-8-4-3-5-9-13)27-16(23)12-26-15-11-7-6-10-14(15)20/h3-11,17H,2,12H2,1H3,(H2,21,22,24,25)/t17-/m1/s1. The molecular formula is C19H19ClN2O5. The first-order chi connectivity index (χ1) is 13.0. The van der Waals surface area contributed by atoms with E-state index in [1.165, 1.54) is 0 Å². The molecule has 0 aliphatic heterocycles. The molecule has 0 aromatic heterocycles. The number of hydrogen-bond donors (Lipinski definition) is 2. The predicted octanol–water partition coefficient (Wildman–Crippen LogP) is 2.85. The van der Waals surface area contributed by atoms with E-state index in [0.29, 0.717) is 22.9 Å². The Morgan fingerprint density at radius 3 is 2.37 bits per heavy atom. The zero-order valence-corrected chi connectivity index (χ0v) is 15.4. The third kappa shape index (κ3) is 6.31. The van der Waals surface area contributed by atoms with Gasteiger partial charge in [-0.1, -0.05) is 54.1 Å². The summed E-state index contributed by atoms with van der Waals surface area (Å²) in [6.07, 6.45) is -1.30. The number of hydrogen-bond acceptors (Lipinski definition) is 5. The molecule has 2 aromatic carbocycles. The number of carbonyl (C=O) groups excluding carboxylic acids is 3. The van der Waals surface area contributed by atoms with Crippen LogP contribution < -0.4 is 15.4 Å². The number of amides is 3. The Balaban J connectivity index is 2.05. The van der Waals surface area contributed by atoms with E-state index in [9.17, 15) is 14.4 Å². The third-order valence-corrected chi connectivity index (χ3v) is 3.66. The minimum atomic E-state index is -1.30. The summed E-state index contributed by atoms with van der Waals surface area (Å²) in [5.74, 6) is -1.23. The first-order valence-corrected chi connectivity index (χ1v) is 8.59. The molecule has 0 spiro atoms. The molecule has 142 valence electrons. The molecule has 1 atom stereocenters. The smallest absolute Gasteiger partial charge is 0.345 e. The van der Waals surface area contributed by atoms with Gasteiger partial charge in [-0.25, -0.2) is 9.59 Å². The molecule has 0 bridgehead atoms. The normalized spacial score (nSPS) is 11.2. The van der Waals surface area contributed by atoms with Crippen molar-refractivity contribution in [3.8, 4) is 5.75 Å². The minimum absolute atomic E-state index is 0.319. The molecular weight excluding hydrogens is 372 g/mol. The van der Waals surface area contributed by atoms with Crippen LogP contribution in [-0.2, 0) is 14.3 Å². The highest BCUT2D eigenvalue weighted by Crippen LogP contribution is 2.23. The Bertz CT molecular complexity index is 798. The summed E-state index contributed by atoms with van der Waals surface area (Å²) in [5.41, 5.74) is 0.422. The number of benzene rings is 2. The van der Waals surface area contributed by atoms with Gasteiger partial charge in [-0.3, -0.25) is 10.1 Å². The summed E-state index contributed by atoms with van der Waals surface area (Å²) >= 11 is 5.96. The van der Waals surface area contributed by atoms with Crippen LogP contribution in [0.25, 0.3) is 0 Å². The van der Waals surface area contributed by atoms with Crippen LogP contribution in [0.1, 0.15) is 18.6 Å². The monoisotopic (exact) mass is 390 g/mol. The fourth-order valence-corrected chi connectivity index (χ4v) is 2.34. The van der Waals surface area contributed by atoms with Gasteiger partial charge in [-0.15, -0.1) is 0 Å². The summed E-state index contributed by atoms with van der Waals surface area (Å²) in [4.78, 5) is 36.1. The van der Waals surface area contributed by atoms with E-state index in [1.807, 2.05) is 0 Å². The number of ether oxygens (including phenoxy) is 2. The lowest BCUT2D eigenvalue weighted by molar-refractivity contribution is -0.158. The molecule has 0 aliphatic rings. The van der Waals surface area contributed by atoms with Crippen LogP contribution in [0.4, 0.5) is 4.79 Å². The number of halogens is 1. The second kappa shape index (κ2) is 10.2. The first kappa shape index (κ1) is 20.3. The van der Waals surface area contributed by atoms with Crippen molar-refractivity contribution in [2.24, 2.45) is 0 Å². The lowest BCUT2D eigenvalue weighted by atomic mass is 10.1. The van der Waals surface area contributed by atoms with Crippen molar-refractivity contribution in [1.82, 2.24) is 10.6 Å². The van der Waals surface area contributed by atoms with E-state index < -0.39 is 30.6 Å². The van der Waals surface area contributed by atoms with E-state index in [0.717, 1.165) is 0 Å². The van der Waals surface area contributed by atoms with Gasteiger partial charge >= 0.3 is 12.0 Å². The molecule has 0 saturated carbocycles. The molecule has 0 heterocycles. The lowest BCUT2D eigenvalue weighted by Gasteiger charge is -2.18. The maximum absolute atomic E-state index is 12.4. The zero-order chi connectivity index (χ0) is 19.6. The Labute approximate surface area is 161 Å². The van der Waals surface area contributed by atoms with Gasteiger partial charge in [0.15, 0.2) is 6.61 Å². The summed E-state index contributed by atoms with van der Waals surface area (Å²) < 4.78 is 10.6. The van der Waals surface area contributed by atoms with Crippen LogP contribution in [0, 0.1) is 0 Å². The highest BCUT2D eigenvalue weighted by molar-refractivity contribution is 6.32. The molecule has 0 saturated heterocycles. The van der Waals surface area contributed by atoms with E-state index in [-0.39, 0.29) is 0 Å². The summed E-state index contributed by atoms with van der Waals surface area (Å²) in [6.45, 7) is 1.62. The summed E-state index contributed by atoms with van der Waals surface area (Å²) in [5, 5.41) is 4.92. The van der Waals surface area contributed by atoms with E-state index in [2.05, 4.69) is 10.6 Å². The fourth-order valence-electron chi connectivity index (χ4n) is 2.15. The van der Waals surface area contributed by atoms with Crippen molar-refractivity contribution in [3.63, 3.8) is 0 Å². The molecule has 3 amide bonds. The number of esters is 1. The molecule has 2 N–H and O–H groups in total. The van der Waals surface area contributed by atoms with Crippen LogP contribution in [0.5, 0.6) is 5.75 Å². The minimum Gasteiger partial charge on any atom is -0.480 e. The van der Waals surface area contributed by atoms with Gasteiger partial charge in [0, 0.05) is 12.1 Å². The average Bonchev–Trinajstić information content (AvgIpc) is 2.66. The molecule has 27 heavy (non-hydrogen) atoms. The van der Waals surface area contributed by atoms with E-state index in [1.54, 1.807) is 61.5 Å². The van der Waals surface area contributed by atoms with Crippen molar-refractivity contribution in [2.75, 3.05) is 13.2 Å². The van der Waals surface area contributed by atoms with Gasteiger partial charge in [-0.2, -0.15) is 0 Å². The maximum Gasteiger partial charge on any atom is 0.345 e. The van der Waals surface area contributed by atoms with E-state index in [4.69, 9.17) is 21.1 Å². The molecule has 0 unspecified atom stereocenters. The average molecular weight is 391 g/mol. The molecule has 2 rings (SSSR count). The number of para-hydroxylation sites is 1. The number of imide groups is 1. The number of urea groups is 1. The summed E-state index contributed by atoms with van der Waals surface area (Å²) in [6, 6.07) is 14.3. The fraction of sp³-hybridized carbons (Fsp3) is 0.211. The van der Waals surface area contributed by atoms with Crippen LogP contribution in [0.3, 0.4) is 0 Å². The largest absolute Gasteiger partial charge is 0.480 e. The van der Waals surface area contributed by atoms with Crippen LogP contribution in [-0.4, -0.2) is 31.1 Å². The van der Waals surface area contributed by atoms with Crippen LogP contribution >= 0.6 is 11.6 Å². The van der Waals surface area contributed by atoms with E-state index >= 15 is 0 Å². The third-order valence-electron chi connectivity index (χ3n) is 3.35. The SMILES string of the molecule is CCNC(=O)NC(=O)[C@H](OC(=O)COc1ccccc1Cl)c1ccccc1. The van der Waals surface area contributed by atoms with Gasteiger partial charge in [0.1, 0.15) is 5.75 Å². The molecule has 8 heteroatoms. The quantitative estimate of drug-likeness (QED) is 0.709.